The number of methoxy groups -OCH3 is 3. The van der Waals surface area contributed by atoms with E-state index in [0.717, 1.165) is 5.56 Å². The fraction of sp³-hybridized carbons (Fsp3) is 0.625. The zero-order chi connectivity index (χ0) is 16.0. The molecular weight excluding hydrogens is 270 g/mol. The van der Waals surface area contributed by atoms with Gasteiger partial charge >= 0.3 is 0 Å². The molecule has 3 unspecified atom stereocenters. The van der Waals surface area contributed by atoms with Crippen LogP contribution in [0.15, 0.2) is 12.1 Å². The lowest BCUT2D eigenvalue weighted by atomic mass is 10.0. The normalized spacial score (nSPS) is 15.2. The van der Waals surface area contributed by atoms with Crippen LogP contribution in [0.25, 0.3) is 0 Å². The average molecular weight is 297 g/mol. The molecule has 0 saturated carbocycles. The number of hydrogen-bond donors (Lipinski definition) is 2. The van der Waals surface area contributed by atoms with Crippen LogP contribution in [0, 0.1) is 0 Å². The predicted octanol–water partition coefficient (Wildman–Crippen LogP) is 2.52. The molecule has 0 amide bonds. The summed E-state index contributed by atoms with van der Waals surface area (Å²) in [6.07, 6.45) is 0.383. The van der Waals surface area contributed by atoms with Crippen molar-refractivity contribution in [2.24, 2.45) is 0 Å². The van der Waals surface area contributed by atoms with Gasteiger partial charge in [-0.3, -0.25) is 0 Å². The van der Waals surface area contributed by atoms with Crippen molar-refractivity contribution in [2.45, 2.75) is 45.4 Å². The number of ether oxygens (including phenoxy) is 3. The summed E-state index contributed by atoms with van der Waals surface area (Å²) in [5.74, 6) is 1.88. The van der Waals surface area contributed by atoms with Crippen LogP contribution in [0.2, 0.25) is 0 Å². The van der Waals surface area contributed by atoms with Gasteiger partial charge in [-0.05, 0) is 44.9 Å². The molecule has 2 N–H and O–H groups in total. The highest BCUT2D eigenvalue weighted by molar-refractivity contribution is 5.54. The van der Waals surface area contributed by atoms with Crippen molar-refractivity contribution in [2.75, 3.05) is 21.3 Å². The summed E-state index contributed by atoms with van der Waals surface area (Å²) in [4.78, 5) is 0. The van der Waals surface area contributed by atoms with Gasteiger partial charge in [0.25, 0.3) is 0 Å². The maximum absolute atomic E-state index is 9.44. The lowest BCUT2D eigenvalue weighted by molar-refractivity contribution is 0.168. The van der Waals surface area contributed by atoms with Gasteiger partial charge in [0.2, 0.25) is 5.75 Å². The molecule has 0 aromatic heterocycles. The zero-order valence-electron chi connectivity index (χ0n) is 13.8. The van der Waals surface area contributed by atoms with Crippen LogP contribution >= 0.6 is 0 Å². The fourth-order valence-corrected chi connectivity index (χ4v) is 2.45. The molecule has 0 aliphatic rings. The molecule has 5 heteroatoms. The average Bonchev–Trinajstić information content (AvgIpc) is 2.44. The Bertz CT molecular complexity index is 423. The number of benzene rings is 1. The minimum absolute atomic E-state index is 0.104. The molecule has 0 aliphatic carbocycles. The molecule has 3 atom stereocenters. The fourth-order valence-electron chi connectivity index (χ4n) is 2.45. The molecule has 5 nitrogen and oxygen atoms in total. The molecule has 1 aromatic carbocycles. The second kappa shape index (κ2) is 8.10. The number of aliphatic hydroxyl groups is 1. The quantitative estimate of drug-likeness (QED) is 0.772. The monoisotopic (exact) mass is 297 g/mol. The van der Waals surface area contributed by atoms with Gasteiger partial charge in [0.05, 0.1) is 27.4 Å². The van der Waals surface area contributed by atoms with Gasteiger partial charge in [-0.15, -0.1) is 0 Å². The molecule has 1 rings (SSSR count). The molecule has 0 saturated heterocycles. The zero-order valence-corrected chi connectivity index (χ0v) is 13.8. The van der Waals surface area contributed by atoms with Crippen molar-refractivity contribution in [3.63, 3.8) is 0 Å². The molecule has 120 valence electrons. The van der Waals surface area contributed by atoms with Gasteiger partial charge in [-0.25, -0.2) is 0 Å². The van der Waals surface area contributed by atoms with Crippen LogP contribution in [-0.2, 0) is 0 Å². The van der Waals surface area contributed by atoms with Crippen molar-refractivity contribution in [1.29, 1.82) is 0 Å². The van der Waals surface area contributed by atoms with Crippen molar-refractivity contribution < 1.29 is 19.3 Å². The molecule has 1 aromatic rings. The van der Waals surface area contributed by atoms with E-state index < -0.39 is 0 Å². The van der Waals surface area contributed by atoms with E-state index in [2.05, 4.69) is 19.2 Å². The van der Waals surface area contributed by atoms with E-state index in [4.69, 9.17) is 14.2 Å². The van der Waals surface area contributed by atoms with E-state index in [1.807, 2.05) is 12.1 Å². The lowest BCUT2D eigenvalue weighted by Gasteiger charge is -2.23. The Balaban J connectivity index is 2.96. The largest absolute Gasteiger partial charge is 0.493 e. The third-order valence-electron chi connectivity index (χ3n) is 3.42. The Kier molecular flexibility index (Phi) is 6.78. The Labute approximate surface area is 127 Å². The Morgan fingerprint density at radius 3 is 1.90 bits per heavy atom. The highest BCUT2D eigenvalue weighted by Gasteiger charge is 2.17. The summed E-state index contributed by atoms with van der Waals surface area (Å²) < 4.78 is 16.1. The van der Waals surface area contributed by atoms with Crippen LogP contribution in [0.1, 0.15) is 38.8 Å². The second-order valence-corrected chi connectivity index (χ2v) is 5.33. The standard InChI is InChI=1S/C16H27NO4/c1-10(7-11(2)18)17-12(3)13-8-14(19-4)16(21-6)15(9-13)20-5/h8-12,17-18H,7H2,1-6H3. The molecule has 0 spiro atoms. The predicted molar refractivity (Wildman–Crippen MR) is 83.4 cm³/mol. The second-order valence-electron chi connectivity index (χ2n) is 5.33. The van der Waals surface area contributed by atoms with E-state index in [9.17, 15) is 5.11 Å². The number of nitrogens with one attached hydrogen (secondary N) is 1. The van der Waals surface area contributed by atoms with Gasteiger partial charge in [-0.1, -0.05) is 0 Å². The first kappa shape index (κ1) is 17.6. The highest BCUT2D eigenvalue weighted by Crippen LogP contribution is 2.39. The van der Waals surface area contributed by atoms with Crippen LogP contribution in [0.4, 0.5) is 0 Å². The SMILES string of the molecule is COc1cc(C(C)NC(C)CC(C)O)cc(OC)c1OC. The lowest BCUT2D eigenvalue weighted by Crippen LogP contribution is -2.31. The Morgan fingerprint density at radius 2 is 1.52 bits per heavy atom. The van der Waals surface area contributed by atoms with E-state index in [1.54, 1.807) is 28.3 Å². The minimum atomic E-state index is -0.320. The summed E-state index contributed by atoms with van der Waals surface area (Å²) in [7, 11) is 4.80. The van der Waals surface area contributed by atoms with Gasteiger partial charge in [0.15, 0.2) is 11.5 Å². The van der Waals surface area contributed by atoms with Gasteiger partial charge < -0.3 is 24.6 Å². The highest BCUT2D eigenvalue weighted by atomic mass is 16.5. The molecule has 0 aliphatic heterocycles. The van der Waals surface area contributed by atoms with Crippen LogP contribution in [-0.4, -0.2) is 38.6 Å². The summed E-state index contributed by atoms with van der Waals surface area (Å²) >= 11 is 0. The van der Waals surface area contributed by atoms with Gasteiger partial charge in [0, 0.05) is 12.1 Å². The molecule has 0 radical (unpaired) electrons. The van der Waals surface area contributed by atoms with Crippen molar-refractivity contribution in [3.05, 3.63) is 17.7 Å². The molecular formula is C16H27NO4. The Hall–Kier alpha value is -1.46. The van der Waals surface area contributed by atoms with E-state index in [1.165, 1.54) is 0 Å². The summed E-state index contributed by atoms with van der Waals surface area (Å²) in [6.45, 7) is 5.92. The number of rotatable bonds is 8. The summed E-state index contributed by atoms with van der Waals surface area (Å²) in [5.41, 5.74) is 1.04. The van der Waals surface area contributed by atoms with E-state index >= 15 is 0 Å². The van der Waals surface area contributed by atoms with Crippen molar-refractivity contribution in [3.8, 4) is 17.2 Å². The maximum Gasteiger partial charge on any atom is 0.203 e. The van der Waals surface area contributed by atoms with E-state index in [0.29, 0.717) is 23.7 Å². The van der Waals surface area contributed by atoms with Crippen LogP contribution < -0.4 is 19.5 Å². The first-order valence-electron chi connectivity index (χ1n) is 7.16. The summed E-state index contributed by atoms with van der Waals surface area (Å²) in [6, 6.07) is 4.19. The molecule has 0 fully saturated rings. The van der Waals surface area contributed by atoms with Crippen LogP contribution in [0.5, 0.6) is 17.2 Å². The first-order valence-corrected chi connectivity index (χ1v) is 7.16. The Morgan fingerprint density at radius 1 is 1.00 bits per heavy atom. The van der Waals surface area contributed by atoms with Gasteiger partial charge in [0.1, 0.15) is 0 Å². The topological polar surface area (TPSA) is 60.0 Å². The third-order valence-corrected chi connectivity index (χ3v) is 3.42. The minimum Gasteiger partial charge on any atom is -0.493 e. The first-order chi connectivity index (χ1) is 9.92. The molecule has 0 heterocycles. The smallest absolute Gasteiger partial charge is 0.203 e. The summed E-state index contributed by atoms with van der Waals surface area (Å²) in [5, 5.41) is 12.9. The van der Waals surface area contributed by atoms with Gasteiger partial charge in [-0.2, -0.15) is 0 Å². The maximum atomic E-state index is 9.44. The molecule has 0 bridgehead atoms. The van der Waals surface area contributed by atoms with Crippen molar-refractivity contribution >= 4 is 0 Å². The number of aliphatic hydroxyl groups excluding tert-OH is 1. The van der Waals surface area contributed by atoms with E-state index in [-0.39, 0.29) is 18.2 Å². The molecule has 21 heavy (non-hydrogen) atoms. The third kappa shape index (κ3) is 4.79. The van der Waals surface area contributed by atoms with Crippen LogP contribution in [0.3, 0.4) is 0 Å². The van der Waals surface area contributed by atoms with Crippen molar-refractivity contribution in [1.82, 2.24) is 5.32 Å². The number of hydrogen-bond acceptors (Lipinski definition) is 5.